The Morgan fingerprint density at radius 2 is 1.83 bits per heavy atom. The van der Waals surface area contributed by atoms with Crippen LogP contribution in [-0.2, 0) is 0 Å². The molecule has 0 unspecified atom stereocenters. The Labute approximate surface area is 105 Å². The van der Waals surface area contributed by atoms with E-state index in [9.17, 15) is 13.6 Å². The second kappa shape index (κ2) is 5.91. The molecule has 1 aromatic carbocycles. The number of nitrogens with two attached hydrogens (primary N) is 1. The molecule has 18 heavy (non-hydrogen) atoms. The summed E-state index contributed by atoms with van der Waals surface area (Å²) < 4.78 is 25.9. The van der Waals surface area contributed by atoms with E-state index in [0.29, 0.717) is 13.1 Å². The smallest absolute Gasteiger partial charge is 0.251 e. The van der Waals surface area contributed by atoms with Crippen LogP contribution < -0.4 is 11.1 Å². The third-order valence-corrected chi connectivity index (χ3v) is 2.67. The van der Waals surface area contributed by atoms with E-state index in [1.165, 1.54) is 0 Å². The predicted octanol–water partition coefficient (Wildman–Crippen LogP) is 2.07. The van der Waals surface area contributed by atoms with Gasteiger partial charge in [-0.1, -0.05) is 13.8 Å². The number of amides is 1. The van der Waals surface area contributed by atoms with Gasteiger partial charge in [-0.05, 0) is 30.5 Å². The minimum atomic E-state index is -0.763. The third-order valence-electron chi connectivity index (χ3n) is 2.67. The number of rotatable bonds is 5. The maximum atomic E-state index is 12.9. The Morgan fingerprint density at radius 1 is 1.28 bits per heavy atom. The Bertz CT molecular complexity index is 413. The largest absolute Gasteiger partial charge is 0.351 e. The summed E-state index contributed by atoms with van der Waals surface area (Å²) in [4.78, 5) is 11.7. The highest BCUT2D eigenvalue weighted by Gasteiger charge is 2.18. The van der Waals surface area contributed by atoms with E-state index in [0.717, 1.165) is 24.6 Å². The van der Waals surface area contributed by atoms with Crippen LogP contribution in [0.2, 0.25) is 0 Å². The molecule has 0 aliphatic carbocycles. The SMILES string of the molecule is CC(C)(CCN)CNC(=O)c1cc(F)cc(F)c1. The first-order valence-corrected chi connectivity index (χ1v) is 5.78. The number of benzene rings is 1. The summed E-state index contributed by atoms with van der Waals surface area (Å²) in [5.41, 5.74) is 5.30. The highest BCUT2D eigenvalue weighted by molar-refractivity contribution is 5.94. The van der Waals surface area contributed by atoms with Crippen molar-refractivity contribution in [3.05, 3.63) is 35.4 Å². The summed E-state index contributed by atoms with van der Waals surface area (Å²) in [6, 6.07) is 2.75. The van der Waals surface area contributed by atoms with E-state index in [1.54, 1.807) is 0 Å². The molecule has 3 N–H and O–H groups in total. The first-order chi connectivity index (χ1) is 8.34. The second-order valence-corrected chi connectivity index (χ2v) is 5.04. The number of hydrogen-bond donors (Lipinski definition) is 2. The van der Waals surface area contributed by atoms with Crippen molar-refractivity contribution in [2.45, 2.75) is 20.3 Å². The van der Waals surface area contributed by atoms with Gasteiger partial charge in [-0.25, -0.2) is 8.78 Å². The van der Waals surface area contributed by atoms with Crippen LogP contribution in [0.4, 0.5) is 8.78 Å². The average Bonchev–Trinajstić information content (AvgIpc) is 2.24. The topological polar surface area (TPSA) is 55.1 Å². The molecule has 100 valence electrons. The fourth-order valence-corrected chi connectivity index (χ4v) is 1.59. The van der Waals surface area contributed by atoms with Gasteiger partial charge in [0.05, 0.1) is 0 Å². The van der Waals surface area contributed by atoms with Gasteiger partial charge in [0.15, 0.2) is 0 Å². The number of hydrogen-bond acceptors (Lipinski definition) is 2. The number of carbonyl (C=O) groups excluding carboxylic acids is 1. The van der Waals surface area contributed by atoms with Gasteiger partial charge in [0.2, 0.25) is 0 Å². The van der Waals surface area contributed by atoms with E-state index in [-0.39, 0.29) is 11.0 Å². The minimum Gasteiger partial charge on any atom is -0.351 e. The lowest BCUT2D eigenvalue weighted by atomic mass is 9.89. The van der Waals surface area contributed by atoms with Crippen LogP contribution in [-0.4, -0.2) is 19.0 Å². The molecule has 0 heterocycles. The van der Waals surface area contributed by atoms with E-state index in [2.05, 4.69) is 5.32 Å². The minimum absolute atomic E-state index is 0.0175. The van der Waals surface area contributed by atoms with Gasteiger partial charge >= 0.3 is 0 Å². The Balaban J connectivity index is 2.66. The zero-order valence-electron chi connectivity index (χ0n) is 10.6. The normalized spacial score (nSPS) is 11.4. The molecule has 0 aliphatic heterocycles. The lowest BCUT2D eigenvalue weighted by Gasteiger charge is -2.24. The van der Waals surface area contributed by atoms with Crippen molar-refractivity contribution in [2.75, 3.05) is 13.1 Å². The quantitative estimate of drug-likeness (QED) is 0.847. The van der Waals surface area contributed by atoms with Crippen molar-refractivity contribution >= 4 is 5.91 Å². The average molecular weight is 256 g/mol. The summed E-state index contributed by atoms with van der Waals surface area (Å²) >= 11 is 0. The molecule has 0 fully saturated rings. The molecular formula is C13H18F2N2O. The highest BCUT2D eigenvalue weighted by Crippen LogP contribution is 2.18. The molecule has 0 saturated heterocycles. The number of carbonyl (C=O) groups is 1. The van der Waals surface area contributed by atoms with Gasteiger partial charge in [0.1, 0.15) is 11.6 Å². The van der Waals surface area contributed by atoms with E-state index < -0.39 is 17.5 Å². The Morgan fingerprint density at radius 3 is 2.33 bits per heavy atom. The molecule has 1 amide bonds. The van der Waals surface area contributed by atoms with Crippen LogP contribution in [0, 0.1) is 17.0 Å². The van der Waals surface area contributed by atoms with Gasteiger partial charge in [-0.3, -0.25) is 4.79 Å². The molecule has 0 bridgehead atoms. The van der Waals surface area contributed by atoms with Crippen molar-refractivity contribution in [3.8, 4) is 0 Å². The van der Waals surface area contributed by atoms with E-state index in [1.807, 2.05) is 13.8 Å². The summed E-state index contributed by atoms with van der Waals surface area (Å²) in [5.74, 6) is -2.01. The van der Waals surface area contributed by atoms with Crippen molar-refractivity contribution in [1.82, 2.24) is 5.32 Å². The zero-order chi connectivity index (χ0) is 13.8. The summed E-state index contributed by atoms with van der Waals surface area (Å²) in [6.45, 7) is 4.86. The lowest BCUT2D eigenvalue weighted by Crippen LogP contribution is -2.35. The van der Waals surface area contributed by atoms with Crippen molar-refractivity contribution in [1.29, 1.82) is 0 Å². The maximum absolute atomic E-state index is 12.9. The van der Waals surface area contributed by atoms with Crippen LogP contribution in [0.1, 0.15) is 30.6 Å². The molecule has 0 atom stereocenters. The molecule has 0 radical (unpaired) electrons. The molecule has 0 saturated carbocycles. The highest BCUT2D eigenvalue weighted by atomic mass is 19.1. The maximum Gasteiger partial charge on any atom is 0.251 e. The summed E-state index contributed by atoms with van der Waals surface area (Å²) in [7, 11) is 0. The molecule has 0 aromatic heterocycles. The first-order valence-electron chi connectivity index (χ1n) is 5.78. The van der Waals surface area contributed by atoms with Crippen molar-refractivity contribution < 1.29 is 13.6 Å². The lowest BCUT2D eigenvalue weighted by molar-refractivity contribution is 0.0934. The van der Waals surface area contributed by atoms with Crippen molar-refractivity contribution in [3.63, 3.8) is 0 Å². The Kier molecular flexibility index (Phi) is 4.78. The molecule has 0 aliphatic rings. The third kappa shape index (κ3) is 4.41. The standard InChI is InChI=1S/C13H18F2N2O/c1-13(2,3-4-16)8-17-12(18)9-5-10(14)7-11(15)6-9/h5-7H,3-4,8,16H2,1-2H3,(H,17,18). The molecule has 3 nitrogen and oxygen atoms in total. The van der Waals surface area contributed by atoms with Crippen LogP contribution in [0.15, 0.2) is 18.2 Å². The molecule has 1 rings (SSSR count). The fourth-order valence-electron chi connectivity index (χ4n) is 1.59. The van der Waals surface area contributed by atoms with Gasteiger partial charge in [0.25, 0.3) is 5.91 Å². The van der Waals surface area contributed by atoms with Gasteiger partial charge in [-0.15, -0.1) is 0 Å². The second-order valence-electron chi connectivity index (χ2n) is 5.04. The van der Waals surface area contributed by atoms with Crippen LogP contribution in [0.5, 0.6) is 0 Å². The molecule has 0 spiro atoms. The van der Waals surface area contributed by atoms with Crippen LogP contribution in [0.3, 0.4) is 0 Å². The van der Waals surface area contributed by atoms with Gasteiger partial charge < -0.3 is 11.1 Å². The van der Waals surface area contributed by atoms with E-state index >= 15 is 0 Å². The summed E-state index contributed by atoms with van der Waals surface area (Å²) in [6.07, 6.45) is 0.755. The van der Waals surface area contributed by atoms with Crippen molar-refractivity contribution in [2.24, 2.45) is 11.1 Å². The number of halogens is 2. The monoisotopic (exact) mass is 256 g/mol. The first kappa shape index (κ1) is 14.6. The van der Waals surface area contributed by atoms with E-state index in [4.69, 9.17) is 5.73 Å². The zero-order valence-corrected chi connectivity index (χ0v) is 10.6. The Hall–Kier alpha value is -1.49. The molecule has 5 heteroatoms. The van der Waals surface area contributed by atoms with Crippen LogP contribution >= 0.6 is 0 Å². The van der Waals surface area contributed by atoms with Crippen LogP contribution in [0.25, 0.3) is 0 Å². The predicted molar refractivity (Wildman–Crippen MR) is 66.1 cm³/mol. The fraction of sp³-hybridized carbons (Fsp3) is 0.462. The molecule has 1 aromatic rings. The van der Waals surface area contributed by atoms with Gasteiger partial charge in [0, 0.05) is 18.2 Å². The molecular weight excluding hydrogens is 238 g/mol. The van der Waals surface area contributed by atoms with Gasteiger partial charge in [-0.2, -0.15) is 0 Å². The summed E-state index contributed by atoms with van der Waals surface area (Å²) in [5, 5.41) is 2.65. The number of nitrogens with one attached hydrogen (secondary N) is 1.